The average molecular weight is 319 g/mol. The van der Waals surface area contributed by atoms with E-state index in [0.29, 0.717) is 11.0 Å². The van der Waals surface area contributed by atoms with Gasteiger partial charge in [-0.3, -0.25) is 4.79 Å². The first-order valence-corrected chi connectivity index (χ1v) is 7.40. The van der Waals surface area contributed by atoms with Gasteiger partial charge in [-0.2, -0.15) is 5.10 Å². The van der Waals surface area contributed by atoms with Crippen molar-refractivity contribution in [1.29, 1.82) is 0 Å². The molecule has 3 rings (SSSR count). The first-order valence-electron chi connectivity index (χ1n) is 6.21. The largest absolute Gasteiger partial charge is 0.380 e. The minimum Gasteiger partial charge on any atom is -0.380 e. The standard InChI is InChI=1S/C14H11ClN4OS/c15-14-17-8-11(21-14)7-16-10-3-1-9(2-4-10)12-5-6-13(20)19-18-12/h1-6,8,16H,7H2,(H,19,20). The van der Waals surface area contributed by atoms with Crippen molar-refractivity contribution in [3.05, 3.63) is 62.3 Å². The van der Waals surface area contributed by atoms with Crippen molar-refractivity contribution in [2.75, 3.05) is 5.32 Å². The molecule has 7 heteroatoms. The van der Waals surface area contributed by atoms with E-state index in [9.17, 15) is 4.79 Å². The number of hydrogen-bond donors (Lipinski definition) is 2. The van der Waals surface area contributed by atoms with Crippen LogP contribution in [0.1, 0.15) is 4.88 Å². The van der Waals surface area contributed by atoms with Crippen molar-refractivity contribution >= 4 is 28.6 Å². The molecule has 21 heavy (non-hydrogen) atoms. The van der Waals surface area contributed by atoms with E-state index in [-0.39, 0.29) is 5.56 Å². The molecule has 0 aliphatic heterocycles. The second-order valence-electron chi connectivity index (χ2n) is 4.32. The summed E-state index contributed by atoms with van der Waals surface area (Å²) in [6.07, 6.45) is 1.76. The van der Waals surface area contributed by atoms with E-state index < -0.39 is 0 Å². The number of rotatable bonds is 4. The number of aromatic amines is 1. The lowest BCUT2D eigenvalue weighted by Crippen LogP contribution is -2.05. The summed E-state index contributed by atoms with van der Waals surface area (Å²) < 4.78 is 0.547. The zero-order valence-electron chi connectivity index (χ0n) is 10.8. The quantitative estimate of drug-likeness (QED) is 0.775. The first kappa shape index (κ1) is 13.8. The molecule has 5 nitrogen and oxygen atoms in total. The van der Waals surface area contributed by atoms with Crippen LogP contribution in [0.25, 0.3) is 11.3 Å². The summed E-state index contributed by atoms with van der Waals surface area (Å²) in [5, 5.41) is 9.71. The van der Waals surface area contributed by atoms with E-state index in [4.69, 9.17) is 11.6 Å². The molecule has 0 spiro atoms. The highest BCUT2D eigenvalue weighted by Gasteiger charge is 2.01. The van der Waals surface area contributed by atoms with Gasteiger partial charge >= 0.3 is 0 Å². The van der Waals surface area contributed by atoms with Crippen LogP contribution in [0.5, 0.6) is 0 Å². The molecule has 0 aliphatic carbocycles. The van der Waals surface area contributed by atoms with Gasteiger partial charge in [-0.15, -0.1) is 11.3 Å². The molecule has 0 saturated heterocycles. The normalized spacial score (nSPS) is 10.5. The second-order valence-corrected chi connectivity index (χ2v) is 6.01. The molecule has 2 aromatic heterocycles. The molecular formula is C14H11ClN4OS. The molecule has 0 saturated carbocycles. The monoisotopic (exact) mass is 318 g/mol. The average Bonchev–Trinajstić information content (AvgIpc) is 2.92. The Bertz CT molecular complexity index is 777. The zero-order chi connectivity index (χ0) is 14.7. The van der Waals surface area contributed by atoms with E-state index in [1.807, 2.05) is 24.3 Å². The number of H-pyrrole nitrogens is 1. The smallest absolute Gasteiger partial charge is 0.264 e. The van der Waals surface area contributed by atoms with E-state index in [0.717, 1.165) is 21.8 Å². The van der Waals surface area contributed by atoms with E-state index in [1.54, 1.807) is 12.3 Å². The third-order valence-corrected chi connectivity index (χ3v) is 3.97. The molecule has 2 N–H and O–H groups in total. The highest BCUT2D eigenvalue weighted by atomic mass is 35.5. The Kier molecular flexibility index (Phi) is 3.98. The van der Waals surface area contributed by atoms with Gasteiger partial charge in [0.05, 0.1) is 12.2 Å². The van der Waals surface area contributed by atoms with Crippen molar-refractivity contribution in [1.82, 2.24) is 15.2 Å². The van der Waals surface area contributed by atoms with Crippen LogP contribution in [0, 0.1) is 0 Å². The molecule has 0 bridgehead atoms. The van der Waals surface area contributed by atoms with E-state index >= 15 is 0 Å². The Labute approximate surface area is 129 Å². The Hall–Kier alpha value is -2.18. The van der Waals surface area contributed by atoms with Gasteiger partial charge in [0.15, 0.2) is 4.47 Å². The molecule has 0 atom stereocenters. The number of anilines is 1. The summed E-state index contributed by atoms with van der Waals surface area (Å²) >= 11 is 7.25. The molecule has 0 aliphatic rings. The summed E-state index contributed by atoms with van der Waals surface area (Å²) in [6, 6.07) is 11.0. The van der Waals surface area contributed by atoms with Crippen LogP contribution in [0.3, 0.4) is 0 Å². The Morgan fingerprint density at radius 3 is 2.62 bits per heavy atom. The Balaban J connectivity index is 1.69. The number of thiazole rings is 1. The summed E-state index contributed by atoms with van der Waals surface area (Å²) in [6.45, 7) is 0.681. The van der Waals surface area contributed by atoms with Crippen LogP contribution < -0.4 is 10.9 Å². The molecular weight excluding hydrogens is 308 g/mol. The van der Waals surface area contributed by atoms with Crippen LogP contribution in [0.15, 0.2) is 47.4 Å². The molecule has 0 unspecified atom stereocenters. The minimum atomic E-state index is -0.208. The number of nitrogens with one attached hydrogen (secondary N) is 2. The number of nitrogens with zero attached hydrogens (tertiary/aromatic N) is 2. The molecule has 0 fully saturated rings. The van der Waals surface area contributed by atoms with Crippen molar-refractivity contribution in [2.24, 2.45) is 0 Å². The van der Waals surface area contributed by atoms with Crippen LogP contribution in [0.2, 0.25) is 4.47 Å². The number of hydrogen-bond acceptors (Lipinski definition) is 5. The number of aromatic nitrogens is 3. The Morgan fingerprint density at radius 2 is 2.00 bits per heavy atom. The van der Waals surface area contributed by atoms with Crippen molar-refractivity contribution in [3.8, 4) is 11.3 Å². The SMILES string of the molecule is O=c1ccc(-c2ccc(NCc3cnc(Cl)s3)cc2)n[nH]1. The lowest BCUT2D eigenvalue weighted by molar-refractivity contribution is 0.995. The third-order valence-electron chi connectivity index (χ3n) is 2.85. The van der Waals surface area contributed by atoms with Gasteiger partial charge in [0.1, 0.15) is 0 Å². The summed E-state index contributed by atoms with van der Waals surface area (Å²) in [5.74, 6) is 0. The van der Waals surface area contributed by atoms with Gasteiger partial charge < -0.3 is 5.32 Å². The van der Waals surface area contributed by atoms with Crippen LogP contribution >= 0.6 is 22.9 Å². The Morgan fingerprint density at radius 1 is 1.19 bits per heavy atom. The van der Waals surface area contributed by atoms with Gasteiger partial charge in [-0.05, 0) is 18.2 Å². The molecule has 2 heterocycles. The highest BCUT2D eigenvalue weighted by molar-refractivity contribution is 7.15. The fourth-order valence-electron chi connectivity index (χ4n) is 1.82. The van der Waals surface area contributed by atoms with Crippen LogP contribution in [-0.2, 0) is 6.54 Å². The van der Waals surface area contributed by atoms with Crippen molar-refractivity contribution < 1.29 is 0 Å². The van der Waals surface area contributed by atoms with Crippen LogP contribution in [-0.4, -0.2) is 15.2 Å². The lowest BCUT2D eigenvalue weighted by atomic mass is 10.1. The van der Waals surface area contributed by atoms with Gasteiger partial charge in [0, 0.05) is 28.4 Å². The van der Waals surface area contributed by atoms with E-state index in [1.165, 1.54) is 17.4 Å². The number of halogens is 1. The van der Waals surface area contributed by atoms with Crippen molar-refractivity contribution in [3.63, 3.8) is 0 Å². The molecule has 0 radical (unpaired) electrons. The summed E-state index contributed by atoms with van der Waals surface area (Å²) in [7, 11) is 0. The second kappa shape index (κ2) is 6.07. The predicted molar refractivity (Wildman–Crippen MR) is 84.7 cm³/mol. The maximum atomic E-state index is 11.0. The van der Waals surface area contributed by atoms with Gasteiger partial charge in [0.25, 0.3) is 5.56 Å². The minimum absolute atomic E-state index is 0.208. The summed E-state index contributed by atoms with van der Waals surface area (Å²) in [4.78, 5) is 16.1. The highest BCUT2D eigenvalue weighted by Crippen LogP contribution is 2.21. The lowest BCUT2D eigenvalue weighted by Gasteiger charge is -2.05. The van der Waals surface area contributed by atoms with Crippen molar-refractivity contribution in [2.45, 2.75) is 6.54 Å². The number of benzene rings is 1. The fraction of sp³-hybridized carbons (Fsp3) is 0.0714. The fourth-order valence-corrected chi connectivity index (χ4v) is 2.74. The zero-order valence-corrected chi connectivity index (χ0v) is 12.4. The van der Waals surface area contributed by atoms with E-state index in [2.05, 4.69) is 20.5 Å². The molecule has 1 aromatic carbocycles. The first-order chi connectivity index (χ1) is 10.2. The summed E-state index contributed by atoms with van der Waals surface area (Å²) in [5.41, 5.74) is 2.46. The van der Waals surface area contributed by atoms with Gasteiger partial charge in [0.2, 0.25) is 0 Å². The third kappa shape index (κ3) is 3.48. The van der Waals surface area contributed by atoms with Gasteiger partial charge in [-0.1, -0.05) is 23.7 Å². The molecule has 106 valence electrons. The topological polar surface area (TPSA) is 70.7 Å². The maximum Gasteiger partial charge on any atom is 0.264 e. The molecule has 0 amide bonds. The van der Waals surface area contributed by atoms with Crippen LogP contribution in [0.4, 0.5) is 5.69 Å². The maximum absolute atomic E-state index is 11.0. The predicted octanol–water partition coefficient (Wildman–Crippen LogP) is 3.16. The molecule has 3 aromatic rings. The van der Waals surface area contributed by atoms with Gasteiger partial charge in [-0.25, -0.2) is 10.1 Å².